The third-order valence-corrected chi connectivity index (χ3v) is 2.60. The molecule has 0 saturated heterocycles. The van der Waals surface area contributed by atoms with Crippen LogP contribution in [0.2, 0.25) is 0 Å². The van der Waals surface area contributed by atoms with Crippen LogP contribution in [0, 0.1) is 0 Å². The van der Waals surface area contributed by atoms with Crippen molar-refractivity contribution in [3.8, 4) is 11.5 Å². The van der Waals surface area contributed by atoms with Crippen molar-refractivity contribution in [2.45, 2.75) is 13.5 Å². The molecule has 0 aliphatic heterocycles. The van der Waals surface area contributed by atoms with Gasteiger partial charge in [0.05, 0.1) is 20.8 Å². The highest BCUT2D eigenvalue weighted by Crippen LogP contribution is 2.33. The Kier molecular flexibility index (Phi) is 5.52. The van der Waals surface area contributed by atoms with Crippen LogP contribution in [0.5, 0.6) is 11.5 Å². The van der Waals surface area contributed by atoms with Crippen molar-refractivity contribution in [2.75, 3.05) is 27.9 Å². The molecule has 0 aromatic heterocycles. The molecule has 0 bridgehead atoms. The lowest BCUT2D eigenvalue weighted by Gasteiger charge is -2.16. The van der Waals surface area contributed by atoms with Crippen molar-refractivity contribution in [3.05, 3.63) is 29.8 Å². The molecule has 1 aromatic carbocycles. The van der Waals surface area contributed by atoms with E-state index in [2.05, 4.69) is 11.9 Å². The minimum Gasteiger partial charge on any atom is -0.494 e. The predicted octanol–water partition coefficient (Wildman–Crippen LogP) is 2.43. The number of hydrogen-bond acceptors (Lipinski definition) is 4. The number of benzene rings is 1. The Morgan fingerprint density at radius 2 is 1.83 bits per heavy atom. The summed E-state index contributed by atoms with van der Waals surface area (Å²) in [6.45, 7) is 7.18. The van der Waals surface area contributed by atoms with Crippen LogP contribution in [0.1, 0.15) is 18.1 Å². The summed E-state index contributed by atoms with van der Waals surface area (Å²) in [5.41, 5.74) is 2.00. The Bertz CT molecular complexity index is 416. The fourth-order valence-electron chi connectivity index (χ4n) is 1.77. The lowest BCUT2D eigenvalue weighted by Crippen LogP contribution is -2.09. The van der Waals surface area contributed by atoms with E-state index in [4.69, 9.17) is 14.2 Å². The molecule has 100 valence electrons. The normalized spacial score (nSPS) is 10.0. The molecule has 4 nitrogen and oxygen atoms in total. The zero-order chi connectivity index (χ0) is 13.5. The summed E-state index contributed by atoms with van der Waals surface area (Å²) in [6, 6.07) is 3.83. The van der Waals surface area contributed by atoms with E-state index < -0.39 is 0 Å². The van der Waals surface area contributed by atoms with Crippen molar-refractivity contribution in [1.29, 1.82) is 0 Å². The number of rotatable bonds is 7. The SMILES string of the molecule is C=C(OCC)c1cc(OC)c(OC)cc1CNC. The highest BCUT2D eigenvalue weighted by Gasteiger charge is 2.13. The van der Waals surface area contributed by atoms with Crippen LogP contribution in [0.15, 0.2) is 18.7 Å². The van der Waals surface area contributed by atoms with E-state index >= 15 is 0 Å². The highest BCUT2D eigenvalue weighted by atomic mass is 16.5. The molecular weight excluding hydrogens is 230 g/mol. The largest absolute Gasteiger partial charge is 0.494 e. The Morgan fingerprint density at radius 1 is 1.22 bits per heavy atom. The van der Waals surface area contributed by atoms with E-state index in [-0.39, 0.29) is 0 Å². The first kappa shape index (κ1) is 14.4. The summed E-state index contributed by atoms with van der Waals surface area (Å²) in [7, 11) is 5.13. The molecule has 1 N–H and O–H groups in total. The number of nitrogens with one attached hydrogen (secondary N) is 1. The molecule has 1 rings (SSSR count). The van der Waals surface area contributed by atoms with Gasteiger partial charge < -0.3 is 19.5 Å². The average molecular weight is 251 g/mol. The summed E-state index contributed by atoms with van der Waals surface area (Å²) in [5, 5.41) is 3.12. The highest BCUT2D eigenvalue weighted by molar-refractivity contribution is 5.65. The lowest BCUT2D eigenvalue weighted by atomic mass is 10.0. The minimum atomic E-state index is 0.589. The van der Waals surface area contributed by atoms with E-state index in [1.165, 1.54) is 0 Å². The molecule has 0 saturated carbocycles. The number of hydrogen-bond donors (Lipinski definition) is 1. The van der Waals surface area contributed by atoms with Gasteiger partial charge in [-0.05, 0) is 31.7 Å². The van der Waals surface area contributed by atoms with Gasteiger partial charge in [-0.2, -0.15) is 0 Å². The zero-order valence-electron chi connectivity index (χ0n) is 11.5. The van der Waals surface area contributed by atoms with Crippen LogP contribution in [0.3, 0.4) is 0 Å². The molecule has 0 aliphatic carbocycles. The molecule has 0 unspecified atom stereocenters. The van der Waals surface area contributed by atoms with E-state index in [0.29, 0.717) is 30.4 Å². The molecule has 0 radical (unpaired) electrons. The second-order valence-corrected chi connectivity index (χ2v) is 3.75. The van der Waals surface area contributed by atoms with Crippen LogP contribution < -0.4 is 14.8 Å². The van der Waals surface area contributed by atoms with Crippen LogP contribution in [0.25, 0.3) is 5.76 Å². The second kappa shape index (κ2) is 6.91. The first-order chi connectivity index (χ1) is 8.67. The third-order valence-electron chi connectivity index (χ3n) is 2.60. The average Bonchev–Trinajstić information content (AvgIpc) is 2.38. The summed E-state index contributed by atoms with van der Waals surface area (Å²) in [5.74, 6) is 2.02. The van der Waals surface area contributed by atoms with Crippen molar-refractivity contribution in [2.24, 2.45) is 0 Å². The Hall–Kier alpha value is -1.68. The standard InChI is InChI=1S/C14H21NO3/c1-6-18-10(2)12-8-14(17-5)13(16-4)7-11(12)9-15-3/h7-8,15H,2,6,9H2,1,3-5H3. The molecule has 0 spiro atoms. The smallest absolute Gasteiger partial charge is 0.161 e. The van der Waals surface area contributed by atoms with Crippen LogP contribution in [0.4, 0.5) is 0 Å². The van der Waals surface area contributed by atoms with Gasteiger partial charge in [-0.25, -0.2) is 0 Å². The van der Waals surface area contributed by atoms with E-state index in [9.17, 15) is 0 Å². The topological polar surface area (TPSA) is 39.7 Å². The van der Waals surface area contributed by atoms with Gasteiger partial charge in [0.15, 0.2) is 11.5 Å². The van der Waals surface area contributed by atoms with Crippen molar-refractivity contribution in [1.82, 2.24) is 5.32 Å². The molecular formula is C14H21NO3. The minimum absolute atomic E-state index is 0.589. The van der Waals surface area contributed by atoms with Gasteiger partial charge in [0.1, 0.15) is 5.76 Å². The van der Waals surface area contributed by atoms with Gasteiger partial charge in [0, 0.05) is 12.1 Å². The quantitative estimate of drug-likeness (QED) is 0.756. The Labute approximate surface area is 109 Å². The van der Waals surface area contributed by atoms with E-state index in [1.807, 2.05) is 26.1 Å². The maximum Gasteiger partial charge on any atom is 0.161 e. The fraction of sp³-hybridized carbons (Fsp3) is 0.429. The molecule has 0 heterocycles. The molecule has 4 heteroatoms. The Balaban J connectivity index is 3.23. The van der Waals surface area contributed by atoms with Crippen molar-refractivity contribution in [3.63, 3.8) is 0 Å². The molecule has 0 aliphatic rings. The zero-order valence-corrected chi connectivity index (χ0v) is 11.5. The van der Waals surface area contributed by atoms with Crippen LogP contribution in [-0.2, 0) is 11.3 Å². The molecule has 18 heavy (non-hydrogen) atoms. The summed E-state index contributed by atoms with van der Waals surface area (Å²) in [4.78, 5) is 0. The molecule has 0 atom stereocenters. The Morgan fingerprint density at radius 3 is 2.33 bits per heavy atom. The second-order valence-electron chi connectivity index (χ2n) is 3.75. The van der Waals surface area contributed by atoms with Gasteiger partial charge in [0.25, 0.3) is 0 Å². The van der Waals surface area contributed by atoms with Crippen LogP contribution in [-0.4, -0.2) is 27.9 Å². The molecule has 0 amide bonds. The van der Waals surface area contributed by atoms with Gasteiger partial charge >= 0.3 is 0 Å². The number of methoxy groups -OCH3 is 2. The maximum absolute atomic E-state index is 5.47. The lowest BCUT2D eigenvalue weighted by molar-refractivity contribution is 0.298. The maximum atomic E-state index is 5.47. The predicted molar refractivity (Wildman–Crippen MR) is 73.0 cm³/mol. The van der Waals surface area contributed by atoms with Gasteiger partial charge in [0.2, 0.25) is 0 Å². The fourth-order valence-corrected chi connectivity index (χ4v) is 1.77. The van der Waals surface area contributed by atoms with Crippen molar-refractivity contribution >= 4 is 5.76 Å². The van der Waals surface area contributed by atoms with Gasteiger partial charge in [-0.15, -0.1) is 0 Å². The van der Waals surface area contributed by atoms with Gasteiger partial charge in [-0.3, -0.25) is 0 Å². The first-order valence-corrected chi connectivity index (χ1v) is 5.89. The van der Waals surface area contributed by atoms with Crippen molar-refractivity contribution < 1.29 is 14.2 Å². The summed E-state index contributed by atoms with van der Waals surface area (Å²) >= 11 is 0. The van der Waals surface area contributed by atoms with Gasteiger partial charge in [-0.1, -0.05) is 6.58 Å². The number of ether oxygens (including phenoxy) is 3. The summed E-state index contributed by atoms with van der Waals surface area (Å²) in [6.07, 6.45) is 0. The first-order valence-electron chi connectivity index (χ1n) is 5.89. The third kappa shape index (κ3) is 3.17. The van der Waals surface area contributed by atoms with E-state index in [1.54, 1.807) is 14.2 Å². The summed E-state index contributed by atoms with van der Waals surface area (Å²) < 4.78 is 16.1. The molecule has 1 aromatic rings. The monoisotopic (exact) mass is 251 g/mol. The molecule has 0 fully saturated rings. The van der Waals surface area contributed by atoms with E-state index in [0.717, 1.165) is 11.1 Å². The van der Waals surface area contributed by atoms with Crippen LogP contribution >= 0.6 is 0 Å².